The van der Waals surface area contributed by atoms with Gasteiger partial charge in [-0.2, -0.15) is 0 Å². The van der Waals surface area contributed by atoms with E-state index in [1.165, 1.54) is 32.1 Å². The van der Waals surface area contributed by atoms with Crippen molar-refractivity contribution in [2.24, 2.45) is 11.7 Å². The van der Waals surface area contributed by atoms with Crippen LogP contribution in [0.3, 0.4) is 0 Å². The highest BCUT2D eigenvalue weighted by Crippen LogP contribution is 2.30. The first-order valence-electron chi connectivity index (χ1n) is 5.64. The molecule has 1 heterocycles. The van der Waals surface area contributed by atoms with Crippen molar-refractivity contribution in [2.45, 2.75) is 44.6 Å². The zero-order valence-electron chi connectivity index (χ0n) is 8.61. The molecule has 0 radical (unpaired) electrons. The van der Waals surface area contributed by atoms with Gasteiger partial charge in [0.1, 0.15) is 0 Å². The first-order chi connectivity index (χ1) is 6.86. The molecule has 2 rings (SSSR count). The molecule has 1 atom stereocenters. The summed E-state index contributed by atoms with van der Waals surface area (Å²) in [6.07, 6.45) is 11.5. The summed E-state index contributed by atoms with van der Waals surface area (Å²) in [5, 5.41) is 0. The largest absolute Gasteiger partial charge is 0.472 e. The molecule has 1 saturated carbocycles. The van der Waals surface area contributed by atoms with Crippen molar-refractivity contribution in [3.8, 4) is 0 Å². The highest BCUT2D eigenvalue weighted by molar-refractivity contribution is 5.10. The molecular weight excluding hydrogens is 174 g/mol. The SMILES string of the molecule is NC(CC1CCCCC1)c1ccoc1. The van der Waals surface area contributed by atoms with Gasteiger partial charge in [0.2, 0.25) is 0 Å². The van der Waals surface area contributed by atoms with Gasteiger partial charge in [-0.3, -0.25) is 0 Å². The summed E-state index contributed by atoms with van der Waals surface area (Å²) >= 11 is 0. The van der Waals surface area contributed by atoms with Gasteiger partial charge in [0.25, 0.3) is 0 Å². The van der Waals surface area contributed by atoms with Crippen molar-refractivity contribution in [3.63, 3.8) is 0 Å². The van der Waals surface area contributed by atoms with Gasteiger partial charge in [0.15, 0.2) is 0 Å². The quantitative estimate of drug-likeness (QED) is 0.800. The van der Waals surface area contributed by atoms with Gasteiger partial charge >= 0.3 is 0 Å². The van der Waals surface area contributed by atoms with Crippen LogP contribution in [-0.4, -0.2) is 0 Å². The number of rotatable bonds is 3. The van der Waals surface area contributed by atoms with Gasteiger partial charge in [-0.05, 0) is 18.4 Å². The summed E-state index contributed by atoms with van der Waals surface area (Å²) in [6, 6.07) is 2.16. The van der Waals surface area contributed by atoms with Crippen molar-refractivity contribution in [1.29, 1.82) is 0 Å². The van der Waals surface area contributed by atoms with Gasteiger partial charge < -0.3 is 10.2 Å². The summed E-state index contributed by atoms with van der Waals surface area (Å²) in [7, 11) is 0. The van der Waals surface area contributed by atoms with E-state index in [4.69, 9.17) is 10.2 Å². The minimum Gasteiger partial charge on any atom is -0.472 e. The monoisotopic (exact) mass is 193 g/mol. The molecule has 78 valence electrons. The summed E-state index contributed by atoms with van der Waals surface area (Å²) in [5.74, 6) is 0.841. The molecule has 1 unspecified atom stereocenters. The van der Waals surface area contributed by atoms with Crippen LogP contribution in [0.4, 0.5) is 0 Å². The van der Waals surface area contributed by atoms with E-state index in [1.54, 1.807) is 12.5 Å². The van der Waals surface area contributed by atoms with Crippen molar-refractivity contribution >= 4 is 0 Å². The normalized spacial score (nSPS) is 20.9. The highest BCUT2D eigenvalue weighted by atomic mass is 16.3. The van der Waals surface area contributed by atoms with Crippen LogP contribution in [0.2, 0.25) is 0 Å². The third-order valence-corrected chi connectivity index (χ3v) is 3.28. The van der Waals surface area contributed by atoms with Gasteiger partial charge in [0.05, 0.1) is 12.5 Å². The van der Waals surface area contributed by atoms with E-state index in [0.29, 0.717) is 0 Å². The van der Waals surface area contributed by atoms with Crippen molar-refractivity contribution in [1.82, 2.24) is 0 Å². The molecule has 1 aliphatic carbocycles. The summed E-state index contributed by atoms with van der Waals surface area (Å²) < 4.78 is 5.04. The Morgan fingerprint density at radius 1 is 1.36 bits per heavy atom. The Bertz CT molecular complexity index is 249. The minimum absolute atomic E-state index is 0.178. The topological polar surface area (TPSA) is 39.2 Å². The fourth-order valence-corrected chi connectivity index (χ4v) is 2.40. The van der Waals surface area contributed by atoms with E-state index in [9.17, 15) is 0 Å². The average Bonchev–Trinajstić information content (AvgIpc) is 2.72. The Kier molecular flexibility index (Phi) is 3.25. The maximum Gasteiger partial charge on any atom is 0.0950 e. The zero-order chi connectivity index (χ0) is 9.80. The molecule has 0 aliphatic heterocycles. The molecule has 2 N–H and O–H groups in total. The molecule has 1 aromatic rings. The van der Waals surface area contributed by atoms with Crippen LogP contribution >= 0.6 is 0 Å². The molecule has 2 nitrogen and oxygen atoms in total. The Labute approximate surface area is 85.5 Å². The van der Waals surface area contributed by atoms with E-state index in [2.05, 4.69) is 0 Å². The number of hydrogen-bond donors (Lipinski definition) is 1. The van der Waals surface area contributed by atoms with Crippen molar-refractivity contribution < 1.29 is 4.42 Å². The van der Waals surface area contributed by atoms with E-state index < -0.39 is 0 Å². The van der Waals surface area contributed by atoms with Crippen LogP contribution in [0.1, 0.15) is 50.1 Å². The second-order valence-electron chi connectivity index (χ2n) is 4.40. The molecule has 0 aromatic carbocycles. The fourth-order valence-electron chi connectivity index (χ4n) is 2.40. The van der Waals surface area contributed by atoms with Crippen molar-refractivity contribution in [2.75, 3.05) is 0 Å². The first kappa shape index (κ1) is 9.78. The van der Waals surface area contributed by atoms with Crippen molar-refractivity contribution in [3.05, 3.63) is 24.2 Å². The minimum atomic E-state index is 0.178. The molecule has 0 bridgehead atoms. The second kappa shape index (κ2) is 4.65. The molecule has 1 aliphatic rings. The van der Waals surface area contributed by atoms with Gasteiger partial charge in [-0.1, -0.05) is 32.1 Å². The molecule has 0 amide bonds. The average molecular weight is 193 g/mol. The van der Waals surface area contributed by atoms with Crippen LogP contribution in [-0.2, 0) is 0 Å². The molecule has 0 spiro atoms. The molecule has 1 fully saturated rings. The lowest BCUT2D eigenvalue weighted by molar-refractivity contribution is 0.318. The third kappa shape index (κ3) is 2.38. The smallest absolute Gasteiger partial charge is 0.0950 e. The fraction of sp³-hybridized carbons (Fsp3) is 0.667. The number of furan rings is 1. The van der Waals surface area contributed by atoms with Crippen LogP contribution in [0.5, 0.6) is 0 Å². The van der Waals surface area contributed by atoms with Gasteiger partial charge in [0, 0.05) is 11.6 Å². The van der Waals surface area contributed by atoms with Crippen LogP contribution in [0.25, 0.3) is 0 Å². The van der Waals surface area contributed by atoms with Crippen LogP contribution < -0.4 is 5.73 Å². The lowest BCUT2D eigenvalue weighted by Crippen LogP contribution is -2.16. The zero-order valence-corrected chi connectivity index (χ0v) is 8.61. The maximum atomic E-state index is 6.11. The predicted octanol–water partition coefficient (Wildman–Crippen LogP) is 3.25. The van der Waals surface area contributed by atoms with E-state index in [1.807, 2.05) is 6.07 Å². The van der Waals surface area contributed by atoms with Gasteiger partial charge in [-0.15, -0.1) is 0 Å². The number of hydrogen-bond acceptors (Lipinski definition) is 2. The van der Waals surface area contributed by atoms with E-state index in [-0.39, 0.29) is 6.04 Å². The van der Waals surface area contributed by atoms with E-state index in [0.717, 1.165) is 17.9 Å². The van der Waals surface area contributed by atoms with Crippen LogP contribution in [0.15, 0.2) is 23.0 Å². The highest BCUT2D eigenvalue weighted by Gasteiger charge is 2.17. The molecule has 2 heteroatoms. The van der Waals surface area contributed by atoms with Gasteiger partial charge in [-0.25, -0.2) is 0 Å². The molecule has 0 saturated heterocycles. The summed E-state index contributed by atoms with van der Waals surface area (Å²) in [5.41, 5.74) is 7.26. The Hall–Kier alpha value is -0.760. The summed E-state index contributed by atoms with van der Waals surface area (Å²) in [4.78, 5) is 0. The Morgan fingerprint density at radius 2 is 2.14 bits per heavy atom. The first-order valence-corrected chi connectivity index (χ1v) is 5.64. The second-order valence-corrected chi connectivity index (χ2v) is 4.40. The van der Waals surface area contributed by atoms with E-state index >= 15 is 0 Å². The maximum absolute atomic E-state index is 6.11. The lowest BCUT2D eigenvalue weighted by atomic mass is 9.84. The Morgan fingerprint density at radius 3 is 2.79 bits per heavy atom. The standard InChI is InChI=1S/C12H19NO/c13-12(11-6-7-14-9-11)8-10-4-2-1-3-5-10/h6-7,9-10,12H,1-5,8,13H2. The molecule has 14 heavy (non-hydrogen) atoms. The molecule has 1 aromatic heterocycles. The lowest BCUT2D eigenvalue weighted by Gasteiger charge is -2.23. The predicted molar refractivity (Wildman–Crippen MR) is 56.8 cm³/mol. The molecular formula is C12H19NO. The van der Waals surface area contributed by atoms with Crippen LogP contribution in [0, 0.1) is 5.92 Å². The Balaban J connectivity index is 1.84. The number of nitrogens with two attached hydrogens (primary N) is 1. The third-order valence-electron chi connectivity index (χ3n) is 3.28. The summed E-state index contributed by atoms with van der Waals surface area (Å²) in [6.45, 7) is 0.